The summed E-state index contributed by atoms with van der Waals surface area (Å²) in [5, 5.41) is 0. The Labute approximate surface area is 144 Å². The van der Waals surface area contributed by atoms with Gasteiger partial charge in [0.05, 0.1) is 13.2 Å². The number of hydrogen-bond donors (Lipinski definition) is 0. The second kappa shape index (κ2) is 9.21. The van der Waals surface area contributed by atoms with Crippen molar-refractivity contribution >= 4 is 5.91 Å². The van der Waals surface area contributed by atoms with E-state index in [9.17, 15) is 4.79 Å². The molecule has 24 heavy (non-hydrogen) atoms. The van der Waals surface area contributed by atoms with Gasteiger partial charge in [0.2, 0.25) is 5.91 Å². The van der Waals surface area contributed by atoms with Gasteiger partial charge in [0.15, 0.2) is 0 Å². The molecule has 0 fully saturated rings. The van der Waals surface area contributed by atoms with Crippen molar-refractivity contribution in [3.8, 4) is 0 Å². The standard InChI is InChI=1S/C20H26N2O2/c1-21(2)19(23)16-22(3)14-15-24-20(17-10-6-4-7-11-17)18-12-8-5-9-13-18/h4-13,20H,14-16H2,1-3H3. The van der Waals surface area contributed by atoms with E-state index in [1.54, 1.807) is 19.0 Å². The topological polar surface area (TPSA) is 32.8 Å². The van der Waals surface area contributed by atoms with Crippen LogP contribution in [-0.2, 0) is 9.53 Å². The predicted molar refractivity (Wildman–Crippen MR) is 96.9 cm³/mol. The van der Waals surface area contributed by atoms with Crippen molar-refractivity contribution in [3.63, 3.8) is 0 Å². The van der Waals surface area contributed by atoms with Crippen LogP contribution in [0.15, 0.2) is 60.7 Å². The number of nitrogens with zero attached hydrogens (tertiary/aromatic N) is 2. The molecule has 0 bridgehead atoms. The summed E-state index contributed by atoms with van der Waals surface area (Å²) in [6, 6.07) is 20.4. The third-order valence-corrected chi connectivity index (χ3v) is 3.87. The Balaban J connectivity index is 1.96. The molecule has 0 aliphatic rings. The second-order valence-corrected chi connectivity index (χ2v) is 6.10. The smallest absolute Gasteiger partial charge is 0.236 e. The molecule has 4 heteroatoms. The van der Waals surface area contributed by atoms with Gasteiger partial charge < -0.3 is 9.64 Å². The largest absolute Gasteiger partial charge is 0.367 e. The second-order valence-electron chi connectivity index (χ2n) is 6.10. The summed E-state index contributed by atoms with van der Waals surface area (Å²) in [5.41, 5.74) is 2.27. The van der Waals surface area contributed by atoms with Crippen LogP contribution in [-0.4, -0.2) is 56.5 Å². The Morgan fingerprint density at radius 3 is 1.88 bits per heavy atom. The molecule has 0 heterocycles. The van der Waals surface area contributed by atoms with Gasteiger partial charge in [-0.2, -0.15) is 0 Å². The number of amides is 1. The van der Waals surface area contributed by atoms with Gasteiger partial charge >= 0.3 is 0 Å². The zero-order valence-corrected chi connectivity index (χ0v) is 14.7. The molecule has 2 aromatic rings. The van der Waals surface area contributed by atoms with Crippen LogP contribution >= 0.6 is 0 Å². The van der Waals surface area contributed by atoms with Gasteiger partial charge in [-0.25, -0.2) is 0 Å². The Morgan fingerprint density at radius 1 is 0.917 bits per heavy atom. The monoisotopic (exact) mass is 326 g/mol. The number of carbonyl (C=O) groups excluding carboxylic acids is 1. The highest BCUT2D eigenvalue weighted by Gasteiger charge is 2.15. The van der Waals surface area contributed by atoms with Crippen LogP contribution in [0.3, 0.4) is 0 Å². The molecule has 0 aromatic heterocycles. The van der Waals surface area contributed by atoms with Crippen molar-refractivity contribution in [1.82, 2.24) is 9.80 Å². The number of rotatable bonds is 8. The molecule has 0 spiro atoms. The normalized spacial score (nSPS) is 11.0. The SMILES string of the molecule is CN(CCOC(c1ccccc1)c1ccccc1)CC(=O)N(C)C. The van der Waals surface area contributed by atoms with E-state index in [1.165, 1.54) is 0 Å². The lowest BCUT2D eigenvalue weighted by molar-refractivity contribution is -0.129. The van der Waals surface area contributed by atoms with E-state index in [2.05, 4.69) is 24.3 Å². The summed E-state index contributed by atoms with van der Waals surface area (Å²) in [5.74, 6) is 0.0974. The molecule has 0 radical (unpaired) electrons. The molecule has 0 saturated carbocycles. The Bertz CT molecular complexity index is 575. The maximum absolute atomic E-state index is 11.7. The van der Waals surface area contributed by atoms with Crippen molar-refractivity contribution in [2.24, 2.45) is 0 Å². The highest BCUT2D eigenvalue weighted by molar-refractivity contribution is 5.77. The number of benzene rings is 2. The van der Waals surface area contributed by atoms with Crippen molar-refractivity contribution in [1.29, 1.82) is 0 Å². The molecule has 0 aliphatic heterocycles. The minimum atomic E-state index is -0.0923. The fraction of sp³-hybridized carbons (Fsp3) is 0.350. The first-order valence-corrected chi connectivity index (χ1v) is 8.18. The molecule has 0 unspecified atom stereocenters. The van der Waals surface area contributed by atoms with Crippen molar-refractivity contribution in [3.05, 3.63) is 71.8 Å². The fourth-order valence-corrected chi connectivity index (χ4v) is 2.42. The molecule has 0 saturated heterocycles. The lowest BCUT2D eigenvalue weighted by atomic mass is 10.0. The summed E-state index contributed by atoms with van der Waals surface area (Å²) >= 11 is 0. The molecule has 4 nitrogen and oxygen atoms in total. The van der Waals surface area contributed by atoms with Crippen molar-refractivity contribution in [2.75, 3.05) is 40.8 Å². The average molecular weight is 326 g/mol. The van der Waals surface area contributed by atoms with Gasteiger partial charge in [-0.1, -0.05) is 60.7 Å². The molecular formula is C20H26N2O2. The van der Waals surface area contributed by atoms with E-state index >= 15 is 0 Å². The molecule has 2 aromatic carbocycles. The summed E-state index contributed by atoms with van der Waals surface area (Å²) in [6.45, 7) is 1.67. The Hall–Kier alpha value is -2.17. The highest BCUT2D eigenvalue weighted by atomic mass is 16.5. The van der Waals surface area contributed by atoms with Gasteiger partial charge in [-0.3, -0.25) is 9.69 Å². The van der Waals surface area contributed by atoms with E-state index < -0.39 is 0 Å². The minimum absolute atomic E-state index is 0.0923. The minimum Gasteiger partial charge on any atom is -0.367 e. The third-order valence-electron chi connectivity index (χ3n) is 3.87. The predicted octanol–water partition coefficient (Wildman–Crippen LogP) is 2.81. The van der Waals surface area contributed by atoms with Crippen LogP contribution in [0.5, 0.6) is 0 Å². The zero-order valence-electron chi connectivity index (χ0n) is 14.7. The van der Waals surface area contributed by atoms with Gasteiger partial charge in [0.1, 0.15) is 6.10 Å². The van der Waals surface area contributed by atoms with Crippen molar-refractivity contribution in [2.45, 2.75) is 6.10 Å². The van der Waals surface area contributed by atoms with Gasteiger partial charge in [0, 0.05) is 20.6 Å². The first-order chi connectivity index (χ1) is 11.6. The van der Waals surface area contributed by atoms with Crippen LogP contribution < -0.4 is 0 Å². The lowest BCUT2D eigenvalue weighted by Gasteiger charge is -2.22. The van der Waals surface area contributed by atoms with Gasteiger partial charge in [0.25, 0.3) is 0 Å². The summed E-state index contributed by atoms with van der Waals surface area (Å²) in [6.07, 6.45) is -0.0923. The highest BCUT2D eigenvalue weighted by Crippen LogP contribution is 2.25. The maximum atomic E-state index is 11.7. The Morgan fingerprint density at radius 2 is 1.42 bits per heavy atom. The third kappa shape index (κ3) is 5.48. The first-order valence-electron chi connectivity index (χ1n) is 8.18. The van der Waals surface area contributed by atoms with Crippen LogP contribution in [0.1, 0.15) is 17.2 Å². The molecular weight excluding hydrogens is 300 g/mol. The molecule has 0 atom stereocenters. The van der Waals surface area contributed by atoms with Gasteiger partial charge in [-0.05, 0) is 18.2 Å². The molecule has 0 N–H and O–H groups in total. The van der Waals surface area contributed by atoms with Crippen molar-refractivity contribution < 1.29 is 9.53 Å². The summed E-state index contributed by atoms with van der Waals surface area (Å²) < 4.78 is 6.16. The first kappa shape index (κ1) is 18.2. The number of hydrogen-bond acceptors (Lipinski definition) is 3. The van der Waals surface area contributed by atoms with E-state index in [0.717, 1.165) is 11.1 Å². The van der Waals surface area contributed by atoms with E-state index in [0.29, 0.717) is 19.7 Å². The quantitative estimate of drug-likeness (QED) is 0.748. The molecule has 2 rings (SSSR count). The maximum Gasteiger partial charge on any atom is 0.236 e. The number of likely N-dealkylation sites (N-methyl/N-ethyl adjacent to an activating group) is 2. The Kier molecular flexibility index (Phi) is 6.97. The zero-order chi connectivity index (χ0) is 17.4. The molecule has 1 amide bonds. The van der Waals surface area contributed by atoms with E-state index in [4.69, 9.17) is 4.74 Å². The van der Waals surface area contributed by atoms with Crippen LogP contribution in [0.2, 0.25) is 0 Å². The average Bonchev–Trinajstić information content (AvgIpc) is 2.60. The van der Waals surface area contributed by atoms with Crippen LogP contribution in [0, 0.1) is 0 Å². The number of ether oxygens (including phenoxy) is 1. The number of carbonyl (C=O) groups is 1. The van der Waals surface area contributed by atoms with E-state index in [-0.39, 0.29) is 12.0 Å². The molecule has 128 valence electrons. The van der Waals surface area contributed by atoms with E-state index in [1.807, 2.05) is 48.3 Å². The summed E-state index contributed by atoms with van der Waals surface area (Å²) in [4.78, 5) is 15.3. The lowest BCUT2D eigenvalue weighted by Crippen LogP contribution is -2.36. The van der Waals surface area contributed by atoms with Crippen LogP contribution in [0.25, 0.3) is 0 Å². The summed E-state index contributed by atoms with van der Waals surface area (Å²) in [7, 11) is 5.48. The van der Waals surface area contributed by atoms with Crippen LogP contribution in [0.4, 0.5) is 0 Å². The van der Waals surface area contributed by atoms with Gasteiger partial charge in [-0.15, -0.1) is 0 Å². The molecule has 0 aliphatic carbocycles. The fourth-order valence-electron chi connectivity index (χ4n) is 2.42.